The van der Waals surface area contributed by atoms with Gasteiger partial charge in [-0.3, -0.25) is 0 Å². The molecule has 0 aromatic heterocycles. The monoisotopic (exact) mass is 206 g/mol. The van der Waals surface area contributed by atoms with Gasteiger partial charge in [0.1, 0.15) is 0 Å². The summed E-state index contributed by atoms with van der Waals surface area (Å²) in [7, 11) is 0. The van der Waals surface area contributed by atoms with Crippen LogP contribution in [-0.4, -0.2) is 41.0 Å². The first kappa shape index (κ1) is 10.9. The first-order valence-corrected chi connectivity index (χ1v) is 4.20. The van der Waals surface area contributed by atoms with Gasteiger partial charge < -0.3 is 14.9 Å². The lowest BCUT2D eigenvalue weighted by Gasteiger charge is -2.18. The van der Waals surface area contributed by atoms with Crippen LogP contribution in [0.25, 0.3) is 0 Å². The van der Waals surface area contributed by atoms with E-state index in [9.17, 15) is 14.0 Å². The lowest BCUT2D eigenvalue weighted by atomic mass is 9.91. The Labute approximate surface area is 79.5 Å². The smallest absolute Gasteiger partial charge is 0.353 e. The van der Waals surface area contributed by atoms with Crippen molar-refractivity contribution in [2.45, 2.75) is 18.5 Å². The fourth-order valence-corrected chi connectivity index (χ4v) is 1.41. The Morgan fingerprint density at radius 1 is 1.43 bits per heavy atom. The molecular formula is C8H11FO5. The number of hydrogen-bond acceptors (Lipinski definition) is 3. The molecule has 1 aliphatic rings. The third kappa shape index (κ3) is 2.01. The maximum atomic E-state index is 13.4. The molecule has 6 heteroatoms. The van der Waals surface area contributed by atoms with E-state index in [4.69, 9.17) is 14.9 Å². The Kier molecular flexibility index (Phi) is 3.05. The van der Waals surface area contributed by atoms with Crippen molar-refractivity contribution in [1.29, 1.82) is 0 Å². The summed E-state index contributed by atoms with van der Waals surface area (Å²) in [4.78, 5) is 20.9. The number of rotatable bonds is 4. The first-order chi connectivity index (χ1) is 6.47. The molecule has 2 N–H and O–H groups in total. The van der Waals surface area contributed by atoms with Crippen molar-refractivity contribution in [2.75, 3.05) is 13.2 Å². The maximum absolute atomic E-state index is 13.4. The van der Waals surface area contributed by atoms with E-state index in [0.29, 0.717) is 13.0 Å². The van der Waals surface area contributed by atoms with E-state index in [0.717, 1.165) is 0 Å². The van der Waals surface area contributed by atoms with Gasteiger partial charge in [0.25, 0.3) is 0 Å². The summed E-state index contributed by atoms with van der Waals surface area (Å²) in [6.45, 7) is 0.659. The fraction of sp³-hybridized carbons (Fsp3) is 0.750. The molecule has 1 aliphatic heterocycles. The van der Waals surface area contributed by atoms with Gasteiger partial charge in [0, 0.05) is 19.6 Å². The molecule has 0 saturated carbocycles. The summed E-state index contributed by atoms with van der Waals surface area (Å²) in [5.74, 6) is -4.22. The molecule has 0 aromatic rings. The standard InChI is InChI=1S/C8H11FO5/c9-8(6(10)11,7(12)13)3-5-1-2-14-4-5/h5H,1-4H2,(H,10,11)(H,12,13)/t5-/m1/s1. The Morgan fingerprint density at radius 3 is 2.36 bits per heavy atom. The maximum Gasteiger partial charge on any atom is 0.353 e. The Hall–Kier alpha value is -1.17. The molecule has 0 unspecified atom stereocenters. The van der Waals surface area contributed by atoms with Crippen LogP contribution in [-0.2, 0) is 14.3 Å². The van der Waals surface area contributed by atoms with Gasteiger partial charge in [0.15, 0.2) is 0 Å². The van der Waals surface area contributed by atoms with Crippen molar-refractivity contribution in [3.05, 3.63) is 0 Å². The minimum Gasteiger partial charge on any atom is -0.478 e. The first-order valence-electron chi connectivity index (χ1n) is 4.20. The van der Waals surface area contributed by atoms with Crippen LogP contribution >= 0.6 is 0 Å². The number of hydrogen-bond donors (Lipinski definition) is 2. The zero-order valence-corrected chi connectivity index (χ0v) is 7.40. The largest absolute Gasteiger partial charge is 0.478 e. The second-order valence-electron chi connectivity index (χ2n) is 3.35. The number of halogens is 1. The average molecular weight is 206 g/mol. The molecule has 0 aliphatic carbocycles. The van der Waals surface area contributed by atoms with Crippen molar-refractivity contribution in [1.82, 2.24) is 0 Å². The molecule has 0 radical (unpaired) electrons. The minimum absolute atomic E-state index is 0.228. The van der Waals surface area contributed by atoms with Crippen LogP contribution < -0.4 is 0 Å². The van der Waals surface area contributed by atoms with E-state index in [1.165, 1.54) is 0 Å². The SMILES string of the molecule is O=C(O)C(F)(C[C@H]1CCOC1)C(=O)O. The van der Waals surface area contributed by atoms with Crippen LogP contribution in [0.1, 0.15) is 12.8 Å². The van der Waals surface area contributed by atoms with Gasteiger partial charge in [0.05, 0.1) is 0 Å². The highest BCUT2D eigenvalue weighted by atomic mass is 19.1. The van der Waals surface area contributed by atoms with Crippen molar-refractivity contribution >= 4 is 11.9 Å². The van der Waals surface area contributed by atoms with Crippen molar-refractivity contribution in [3.8, 4) is 0 Å². The van der Waals surface area contributed by atoms with Crippen LogP contribution in [0.4, 0.5) is 4.39 Å². The van der Waals surface area contributed by atoms with E-state index in [-0.39, 0.29) is 12.5 Å². The zero-order valence-electron chi connectivity index (χ0n) is 7.40. The molecule has 1 heterocycles. The molecule has 14 heavy (non-hydrogen) atoms. The Bertz CT molecular complexity index is 232. The van der Waals surface area contributed by atoms with Gasteiger partial charge >= 0.3 is 17.6 Å². The lowest BCUT2D eigenvalue weighted by Crippen LogP contribution is -2.44. The van der Waals surface area contributed by atoms with Crippen molar-refractivity contribution in [2.24, 2.45) is 5.92 Å². The van der Waals surface area contributed by atoms with Gasteiger partial charge in [-0.1, -0.05) is 0 Å². The molecule has 0 bridgehead atoms. The van der Waals surface area contributed by atoms with E-state index >= 15 is 0 Å². The molecule has 0 aromatic carbocycles. The number of aliphatic carboxylic acids is 2. The molecule has 80 valence electrons. The van der Waals surface area contributed by atoms with Crippen LogP contribution in [0.5, 0.6) is 0 Å². The highest BCUT2D eigenvalue weighted by Crippen LogP contribution is 2.27. The molecule has 0 amide bonds. The van der Waals surface area contributed by atoms with Gasteiger partial charge in [-0.05, 0) is 12.3 Å². The summed E-state index contributed by atoms with van der Waals surface area (Å²) < 4.78 is 18.3. The van der Waals surface area contributed by atoms with E-state index in [1.807, 2.05) is 0 Å². The van der Waals surface area contributed by atoms with Crippen molar-refractivity contribution < 1.29 is 28.9 Å². The number of carbonyl (C=O) groups is 2. The zero-order chi connectivity index (χ0) is 10.8. The number of carboxylic acids is 2. The summed E-state index contributed by atoms with van der Waals surface area (Å²) in [5, 5.41) is 16.9. The fourth-order valence-electron chi connectivity index (χ4n) is 1.41. The molecule has 1 atom stereocenters. The van der Waals surface area contributed by atoms with Crippen LogP contribution in [0.2, 0.25) is 0 Å². The van der Waals surface area contributed by atoms with Gasteiger partial charge in [-0.15, -0.1) is 0 Å². The molecule has 1 fully saturated rings. The summed E-state index contributed by atoms with van der Waals surface area (Å²) in [6, 6.07) is 0. The van der Waals surface area contributed by atoms with Crippen molar-refractivity contribution in [3.63, 3.8) is 0 Å². The second-order valence-corrected chi connectivity index (χ2v) is 3.35. The minimum atomic E-state index is -3.18. The molecule has 0 spiro atoms. The third-order valence-electron chi connectivity index (χ3n) is 2.27. The number of carboxylic acid groups (broad SMARTS) is 2. The van der Waals surface area contributed by atoms with E-state index in [2.05, 4.69) is 0 Å². The number of alkyl halides is 1. The highest BCUT2D eigenvalue weighted by Gasteiger charge is 2.49. The predicted octanol–water partition coefficient (Wildman–Crippen LogP) is 0.290. The Morgan fingerprint density at radius 2 is 2.00 bits per heavy atom. The van der Waals surface area contributed by atoms with Crippen LogP contribution in [0.3, 0.4) is 0 Å². The molecular weight excluding hydrogens is 195 g/mol. The number of ether oxygens (including phenoxy) is 1. The topological polar surface area (TPSA) is 83.8 Å². The normalized spacial score (nSPS) is 22.2. The molecule has 1 saturated heterocycles. The summed E-state index contributed by atoms with van der Waals surface area (Å²) in [5.41, 5.74) is -3.18. The third-order valence-corrected chi connectivity index (χ3v) is 2.27. The molecule has 1 rings (SSSR count). The van der Waals surface area contributed by atoms with Crippen LogP contribution in [0.15, 0.2) is 0 Å². The average Bonchev–Trinajstić information content (AvgIpc) is 2.55. The Balaban J connectivity index is 2.68. The quantitative estimate of drug-likeness (QED) is 0.646. The lowest BCUT2D eigenvalue weighted by molar-refractivity contribution is -0.168. The van der Waals surface area contributed by atoms with E-state index in [1.54, 1.807) is 0 Å². The van der Waals surface area contributed by atoms with Gasteiger partial charge in [-0.25, -0.2) is 14.0 Å². The van der Waals surface area contributed by atoms with Gasteiger partial charge in [0.2, 0.25) is 0 Å². The summed E-state index contributed by atoms with van der Waals surface area (Å²) >= 11 is 0. The van der Waals surface area contributed by atoms with E-state index < -0.39 is 24.0 Å². The second kappa shape index (κ2) is 3.91. The highest BCUT2D eigenvalue weighted by molar-refractivity contribution is 6.01. The van der Waals surface area contributed by atoms with Gasteiger partial charge in [-0.2, -0.15) is 0 Å². The molecule has 5 nitrogen and oxygen atoms in total. The van der Waals surface area contributed by atoms with Crippen LogP contribution in [0, 0.1) is 5.92 Å². The summed E-state index contributed by atoms with van der Waals surface area (Å²) in [6.07, 6.45) is -0.0239. The predicted molar refractivity (Wildman–Crippen MR) is 42.7 cm³/mol.